The third-order valence-electron chi connectivity index (χ3n) is 3.24. The predicted molar refractivity (Wildman–Crippen MR) is 83.3 cm³/mol. The highest BCUT2D eigenvalue weighted by atomic mass is 16.5. The second-order valence-electron chi connectivity index (χ2n) is 5.10. The molecule has 0 aromatic rings. The van der Waals surface area contributed by atoms with Crippen LogP contribution in [0.25, 0.3) is 0 Å². The van der Waals surface area contributed by atoms with Crippen LogP contribution in [0.1, 0.15) is 46.0 Å². The minimum absolute atomic E-state index is 0.311. The van der Waals surface area contributed by atoms with Crippen molar-refractivity contribution in [1.82, 2.24) is 10.6 Å². The van der Waals surface area contributed by atoms with Gasteiger partial charge in [0.15, 0.2) is 5.96 Å². The lowest BCUT2D eigenvalue weighted by Crippen LogP contribution is -2.39. The monoisotopic (exact) mass is 285 g/mol. The van der Waals surface area contributed by atoms with Crippen LogP contribution in [0.15, 0.2) is 4.99 Å². The zero-order chi connectivity index (χ0) is 14.5. The van der Waals surface area contributed by atoms with Crippen molar-refractivity contribution < 1.29 is 9.47 Å². The van der Waals surface area contributed by atoms with E-state index >= 15 is 0 Å². The van der Waals surface area contributed by atoms with Gasteiger partial charge in [-0.1, -0.05) is 19.8 Å². The summed E-state index contributed by atoms with van der Waals surface area (Å²) in [6.45, 7) is 9.14. The van der Waals surface area contributed by atoms with E-state index in [0.717, 1.165) is 45.0 Å². The number of unbranched alkanes of at least 4 members (excludes halogenated alkanes) is 2. The molecule has 118 valence electrons. The molecule has 0 saturated carbocycles. The van der Waals surface area contributed by atoms with E-state index in [-0.39, 0.29) is 0 Å². The van der Waals surface area contributed by atoms with Gasteiger partial charge in [0.25, 0.3) is 0 Å². The van der Waals surface area contributed by atoms with Crippen LogP contribution in [0.5, 0.6) is 0 Å². The number of nitrogens with one attached hydrogen (secondary N) is 2. The normalized spacial score (nSPS) is 19.3. The van der Waals surface area contributed by atoms with Gasteiger partial charge in [0, 0.05) is 26.2 Å². The minimum atomic E-state index is 0.311. The van der Waals surface area contributed by atoms with Crippen LogP contribution in [0, 0.1) is 0 Å². The van der Waals surface area contributed by atoms with E-state index in [9.17, 15) is 0 Å². The van der Waals surface area contributed by atoms with Gasteiger partial charge in [-0.15, -0.1) is 0 Å². The first-order valence-corrected chi connectivity index (χ1v) is 8.08. The fourth-order valence-electron chi connectivity index (χ4n) is 2.13. The molecule has 0 radical (unpaired) electrons. The number of ether oxygens (including phenoxy) is 2. The van der Waals surface area contributed by atoms with Gasteiger partial charge in [-0.3, -0.25) is 4.99 Å². The van der Waals surface area contributed by atoms with Crippen molar-refractivity contribution in [2.45, 2.75) is 52.1 Å². The highest BCUT2D eigenvalue weighted by Gasteiger charge is 2.14. The number of nitrogens with zero attached hydrogens (tertiary/aromatic N) is 1. The standard InChI is InChI=1S/C15H31N3O2/c1-3-5-6-9-17-15(16-4-2)18-10-12-19-13-14-8-7-11-20-14/h14H,3-13H2,1-2H3,(H2,16,17,18). The Balaban J connectivity index is 2.04. The second kappa shape index (κ2) is 12.0. The van der Waals surface area contributed by atoms with E-state index in [1.54, 1.807) is 0 Å². The molecular formula is C15H31N3O2. The summed E-state index contributed by atoms with van der Waals surface area (Å²) in [6.07, 6.45) is 6.24. The average molecular weight is 285 g/mol. The first-order valence-electron chi connectivity index (χ1n) is 8.08. The summed E-state index contributed by atoms with van der Waals surface area (Å²) in [5.74, 6) is 0.893. The van der Waals surface area contributed by atoms with Crippen LogP contribution in [0.3, 0.4) is 0 Å². The Hall–Kier alpha value is -0.810. The molecule has 1 fully saturated rings. The van der Waals surface area contributed by atoms with Gasteiger partial charge < -0.3 is 20.1 Å². The molecule has 0 aromatic carbocycles. The molecule has 1 heterocycles. The molecule has 0 aromatic heterocycles. The number of rotatable bonds is 10. The maximum absolute atomic E-state index is 5.62. The van der Waals surface area contributed by atoms with E-state index in [4.69, 9.17) is 9.47 Å². The lowest BCUT2D eigenvalue weighted by atomic mass is 10.2. The molecular weight excluding hydrogens is 254 g/mol. The van der Waals surface area contributed by atoms with Crippen molar-refractivity contribution >= 4 is 5.96 Å². The topological polar surface area (TPSA) is 54.9 Å². The van der Waals surface area contributed by atoms with Crippen molar-refractivity contribution in [2.75, 3.05) is 39.5 Å². The summed E-state index contributed by atoms with van der Waals surface area (Å²) in [6, 6.07) is 0. The van der Waals surface area contributed by atoms with Gasteiger partial charge in [0.2, 0.25) is 0 Å². The molecule has 0 aliphatic carbocycles. The summed E-state index contributed by atoms with van der Waals surface area (Å²) in [5.41, 5.74) is 0. The van der Waals surface area contributed by atoms with E-state index in [2.05, 4.69) is 29.5 Å². The van der Waals surface area contributed by atoms with Crippen molar-refractivity contribution in [1.29, 1.82) is 0 Å². The van der Waals surface area contributed by atoms with Crippen LogP contribution in [-0.2, 0) is 9.47 Å². The molecule has 1 rings (SSSR count). The summed E-state index contributed by atoms with van der Waals surface area (Å²) in [5, 5.41) is 6.55. The Kier molecular flexibility index (Phi) is 10.3. The molecule has 1 aliphatic heterocycles. The Morgan fingerprint density at radius 1 is 1.30 bits per heavy atom. The quantitative estimate of drug-likeness (QED) is 0.366. The summed E-state index contributed by atoms with van der Waals surface area (Å²) in [7, 11) is 0. The van der Waals surface area contributed by atoms with Crippen molar-refractivity contribution in [3.05, 3.63) is 0 Å². The maximum atomic E-state index is 5.62. The van der Waals surface area contributed by atoms with Gasteiger partial charge in [-0.25, -0.2) is 0 Å². The minimum Gasteiger partial charge on any atom is -0.377 e. The average Bonchev–Trinajstić information content (AvgIpc) is 2.96. The molecule has 20 heavy (non-hydrogen) atoms. The first-order chi connectivity index (χ1) is 9.86. The molecule has 1 unspecified atom stereocenters. The van der Waals surface area contributed by atoms with Crippen LogP contribution >= 0.6 is 0 Å². The van der Waals surface area contributed by atoms with Crippen LogP contribution in [-0.4, -0.2) is 51.5 Å². The van der Waals surface area contributed by atoms with Crippen LogP contribution in [0.4, 0.5) is 0 Å². The van der Waals surface area contributed by atoms with E-state index < -0.39 is 0 Å². The van der Waals surface area contributed by atoms with Crippen LogP contribution < -0.4 is 10.6 Å². The smallest absolute Gasteiger partial charge is 0.191 e. The highest BCUT2D eigenvalue weighted by Crippen LogP contribution is 2.11. The summed E-state index contributed by atoms with van der Waals surface area (Å²) >= 11 is 0. The summed E-state index contributed by atoms with van der Waals surface area (Å²) in [4.78, 5) is 4.54. The number of aliphatic imine (C=N–C) groups is 1. The van der Waals surface area contributed by atoms with Gasteiger partial charge in [-0.05, 0) is 26.2 Å². The van der Waals surface area contributed by atoms with E-state index in [1.807, 2.05) is 0 Å². The first kappa shape index (κ1) is 17.2. The Morgan fingerprint density at radius 3 is 2.90 bits per heavy atom. The Morgan fingerprint density at radius 2 is 2.20 bits per heavy atom. The lowest BCUT2D eigenvalue weighted by Gasteiger charge is -2.13. The van der Waals surface area contributed by atoms with Gasteiger partial charge in [0.1, 0.15) is 0 Å². The maximum Gasteiger partial charge on any atom is 0.191 e. The molecule has 2 N–H and O–H groups in total. The third-order valence-corrected chi connectivity index (χ3v) is 3.24. The molecule has 5 heteroatoms. The number of hydrogen-bond acceptors (Lipinski definition) is 3. The second-order valence-corrected chi connectivity index (χ2v) is 5.10. The SMILES string of the molecule is CCCCCN=C(NCC)NCCOCC1CCCO1. The number of hydrogen-bond donors (Lipinski definition) is 2. The zero-order valence-electron chi connectivity index (χ0n) is 13.1. The van der Waals surface area contributed by atoms with Gasteiger partial charge in [-0.2, -0.15) is 0 Å². The molecule has 1 saturated heterocycles. The fourth-order valence-corrected chi connectivity index (χ4v) is 2.13. The molecule has 1 atom stereocenters. The Labute approximate surface area is 123 Å². The van der Waals surface area contributed by atoms with Crippen molar-refractivity contribution in [3.63, 3.8) is 0 Å². The number of guanidine groups is 1. The van der Waals surface area contributed by atoms with E-state index in [0.29, 0.717) is 19.3 Å². The molecule has 5 nitrogen and oxygen atoms in total. The lowest BCUT2D eigenvalue weighted by molar-refractivity contribution is 0.0191. The molecule has 0 bridgehead atoms. The molecule has 1 aliphatic rings. The largest absolute Gasteiger partial charge is 0.377 e. The van der Waals surface area contributed by atoms with Gasteiger partial charge >= 0.3 is 0 Å². The predicted octanol–water partition coefficient (Wildman–Crippen LogP) is 1.93. The fraction of sp³-hybridized carbons (Fsp3) is 0.933. The van der Waals surface area contributed by atoms with Crippen molar-refractivity contribution in [3.8, 4) is 0 Å². The zero-order valence-corrected chi connectivity index (χ0v) is 13.1. The third kappa shape index (κ3) is 8.38. The molecule has 0 spiro atoms. The van der Waals surface area contributed by atoms with E-state index in [1.165, 1.54) is 19.3 Å². The van der Waals surface area contributed by atoms with Gasteiger partial charge in [0.05, 0.1) is 19.3 Å². The Bertz CT molecular complexity index is 254. The summed E-state index contributed by atoms with van der Waals surface area (Å²) < 4.78 is 11.1. The highest BCUT2D eigenvalue weighted by molar-refractivity contribution is 5.79. The van der Waals surface area contributed by atoms with Crippen molar-refractivity contribution in [2.24, 2.45) is 4.99 Å². The van der Waals surface area contributed by atoms with Crippen LogP contribution in [0.2, 0.25) is 0 Å². The molecule has 0 amide bonds.